The minimum Gasteiger partial charge on any atom is -0.495 e. The van der Waals surface area contributed by atoms with E-state index in [1.807, 2.05) is 12.1 Å². The van der Waals surface area contributed by atoms with E-state index in [0.717, 1.165) is 32.8 Å². The minimum atomic E-state index is 0.764. The van der Waals surface area contributed by atoms with E-state index in [9.17, 15) is 0 Å². The van der Waals surface area contributed by atoms with Gasteiger partial charge in [-0.2, -0.15) is 0 Å². The van der Waals surface area contributed by atoms with E-state index in [-0.39, 0.29) is 0 Å². The Kier molecular flexibility index (Phi) is 6.34. The van der Waals surface area contributed by atoms with Crippen LogP contribution in [-0.2, 0) is 0 Å². The normalized spacial score (nSPS) is 10.7. The number of rotatable bonds is 6. The first kappa shape index (κ1) is 14.8. The summed E-state index contributed by atoms with van der Waals surface area (Å²) in [6.45, 7) is 5.48. The third kappa shape index (κ3) is 4.88. The van der Waals surface area contributed by atoms with Crippen molar-refractivity contribution in [3.8, 4) is 5.75 Å². The van der Waals surface area contributed by atoms with Gasteiger partial charge >= 0.3 is 0 Å². The Morgan fingerprint density at radius 2 is 1.94 bits per heavy atom. The van der Waals surface area contributed by atoms with Crippen LogP contribution < -0.4 is 10.1 Å². The molecule has 0 aromatic heterocycles. The Balaban J connectivity index is 2.58. The molecule has 0 saturated heterocycles. The molecule has 0 aliphatic rings. The number of nitrogens with one attached hydrogen (secondary N) is 1. The maximum atomic E-state index is 5.28. The summed E-state index contributed by atoms with van der Waals surface area (Å²) in [7, 11) is 1.68. The number of benzene rings is 1. The van der Waals surface area contributed by atoms with Crippen LogP contribution in [0.25, 0.3) is 0 Å². The zero-order valence-corrected chi connectivity index (χ0v) is 13.7. The van der Waals surface area contributed by atoms with Crippen LogP contribution in [0.5, 0.6) is 5.75 Å². The second-order valence-electron chi connectivity index (χ2n) is 4.43. The van der Waals surface area contributed by atoms with Gasteiger partial charge in [0.2, 0.25) is 0 Å². The van der Waals surface area contributed by atoms with Crippen molar-refractivity contribution in [2.45, 2.75) is 26.7 Å². The highest BCUT2D eigenvalue weighted by atomic mass is 79.9. The fourth-order valence-corrected chi connectivity index (χ4v) is 2.85. The zero-order valence-electron chi connectivity index (χ0n) is 10.5. The van der Waals surface area contributed by atoms with Crippen molar-refractivity contribution in [2.24, 2.45) is 5.92 Å². The molecular weight excluding hydrogens is 346 g/mol. The van der Waals surface area contributed by atoms with Crippen LogP contribution in [0.2, 0.25) is 0 Å². The number of hydrogen-bond donors (Lipinski definition) is 1. The molecule has 0 spiro atoms. The molecule has 1 N–H and O–H groups in total. The highest BCUT2D eigenvalue weighted by Gasteiger charge is 2.06. The van der Waals surface area contributed by atoms with Crippen molar-refractivity contribution in [3.05, 3.63) is 21.1 Å². The van der Waals surface area contributed by atoms with E-state index in [1.54, 1.807) is 7.11 Å². The molecule has 1 aromatic carbocycles. The van der Waals surface area contributed by atoms with Gasteiger partial charge in [0, 0.05) is 17.1 Å². The first-order valence-electron chi connectivity index (χ1n) is 5.81. The van der Waals surface area contributed by atoms with Gasteiger partial charge in [-0.3, -0.25) is 0 Å². The first-order valence-corrected chi connectivity index (χ1v) is 7.40. The number of methoxy groups -OCH3 is 1. The van der Waals surface area contributed by atoms with Crippen molar-refractivity contribution in [1.82, 2.24) is 0 Å². The van der Waals surface area contributed by atoms with E-state index in [2.05, 4.69) is 51.0 Å². The molecule has 0 saturated carbocycles. The van der Waals surface area contributed by atoms with E-state index >= 15 is 0 Å². The van der Waals surface area contributed by atoms with Gasteiger partial charge in [-0.1, -0.05) is 13.8 Å². The molecule has 0 aliphatic heterocycles. The van der Waals surface area contributed by atoms with Crippen molar-refractivity contribution < 1.29 is 4.74 Å². The summed E-state index contributed by atoms with van der Waals surface area (Å²) in [4.78, 5) is 0. The first-order chi connectivity index (χ1) is 8.04. The topological polar surface area (TPSA) is 21.3 Å². The molecule has 2 nitrogen and oxygen atoms in total. The minimum absolute atomic E-state index is 0.764. The lowest BCUT2D eigenvalue weighted by molar-refractivity contribution is 0.412. The van der Waals surface area contributed by atoms with Gasteiger partial charge < -0.3 is 10.1 Å². The van der Waals surface area contributed by atoms with Crippen LogP contribution in [0.15, 0.2) is 21.1 Å². The Morgan fingerprint density at radius 3 is 2.53 bits per heavy atom. The van der Waals surface area contributed by atoms with Gasteiger partial charge in [0.25, 0.3) is 0 Å². The lowest BCUT2D eigenvalue weighted by Crippen LogP contribution is -2.04. The van der Waals surface area contributed by atoms with Crippen LogP contribution in [0.1, 0.15) is 26.7 Å². The predicted molar refractivity (Wildman–Crippen MR) is 81.0 cm³/mol. The summed E-state index contributed by atoms with van der Waals surface area (Å²) < 4.78 is 7.29. The van der Waals surface area contributed by atoms with Crippen molar-refractivity contribution in [1.29, 1.82) is 0 Å². The molecular formula is C13H19Br2NO. The molecule has 0 amide bonds. The third-order valence-corrected chi connectivity index (χ3v) is 3.79. The van der Waals surface area contributed by atoms with E-state index in [4.69, 9.17) is 4.74 Å². The molecule has 17 heavy (non-hydrogen) atoms. The van der Waals surface area contributed by atoms with Crippen LogP contribution in [0.3, 0.4) is 0 Å². The molecule has 0 atom stereocenters. The molecule has 0 heterocycles. The largest absolute Gasteiger partial charge is 0.495 e. The summed E-state index contributed by atoms with van der Waals surface area (Å²) in [5.41, 5.74) is 1.08. The second kappa shape index (κ2) is 7.27. The van der Waals surface area contributed by atoms with Gasteiger partial charge in [-0.25, -0.2) is 0 Å². The number of hydrogen-bond acceptors (Lipinski definition) is 2. The van der Waals surface area contributed by atoms with Gasteiger partial charge in [-0.05, 0) is 56.7 Å². The van der Waals surface area contributed by atoms with E-state index < -0.39 is 0 Å². The maximum Gasteiger partial charge on any atom is 0.135 e. The molecule has 0 unspecified atom stereocenters. The molecule has 1 aromatic rings. The SMILES string of the molecule is COc1cc(NCCCC(C)C)c(Br)cc1Br. The summed E-state index contributed by atoms with van der Waals surface area (Å²) in [5.74, 6) is 1.61. The van der Waals surface area contributed by atoms with Crippen molar-refractivity contribution >= 4 is 37.5 Å². The Labute approximate surface area is 120 Å². The monoisotopic (exact) mass is 363 g/mol. The fraction of sp³-hybridized carbons (Fsp3) is 0.538. The maximum absolute atomic E-state index is 5.28. The van der Waals surface area contributed by atoms with Gasteiger partial charge in [-0.15, -0.1) is 0 Å². The lowest BCUT2D eigenvalue weighted by atomic mass is 10.1. The second-order valence-corrected chi connectivity index (χ2v) is 6.14. The average Bonchev–Trinajstić information content (AvgIpc) is 2.26. The van der Waals surface area contributed by atoms with Crippen LogP contribution in [0.4, 0.5) is 5.69 Å². The van der Waals surface area contributed by atoms with E-state index in [0.29, 0.717) is 0 Å². The van der Waals surface area contributed by atoms with Crippen LogP contribution in [0, 0.1) is 5.92 Å². The molecule has 0 bridgehead atoms. The summed E-state index contributed by atoms with van der Waals surface area (Å²) >= 11 is 7.00. The lowest BCUT2D eigenvalue weighted by Gasteiger charge is -2.12. The predicted octanol–water partition coefficient (Wildman–Crippen LogP) is 5.07. The number of halogens is 2. The third-order valence-electron chi connectivity index (χ3n) is 2.52. The number of ether oxygens (including phenoxy) is 1. The summed E-state index contributed by atoms with van der Waals surface area (Å²) in [6.07, 6.45) is 2.43. The Morgan fingerprint density at radius 1 is 1.24 bits per heavy atom. The quantitative estimate of drug-likeness (QED) is 0.711. The summed E-state index contributed by atoms with van der Waals surface area (Å²) in [6, 6.07) is 4.01. The summed E-state index contributed by atoms with van der Waals surface area (Å²) in [5, 5.41) is 3.42. The van der Waals surface area contributed by atoms with Crippen LogP contribution in [-0.4, -0.2) is 13.7 Å². The fourth-order valence-electron chi connectivity index (χ4n) is 1.55. The molecule has 0 radical (unpaired) electrons. The highest BCUT2D eigenvalue weighted by Crippen LogP contribution is 2.34. The Bertz CT molecular complexity index is 367. The number of anilines is 1. The molecule has 1 rings (SSSR count). The Hall–Kier alpha value is -0.220. The van der Waals surface area contributed by atoms with Crippen LogP contribution >= 0.6 is 31.9 Å². The van der Waals surface area contributed by atoms with Crippen molar-refractivity contribution in [2.75, 3.05) is 19.0 Å². The van der Waals surface area contributed by atoms with E-state index in [1.165, 1.54) is 12.8 Å². The average molecular weight is 365 g/mol. The highest BCUT2D eigenvalue weighted by molar-refractivity contribution is 9.11. The molecule has 0 fully saturated rings. The molecule has 4 heteroatoms. The van der Waals surface area contributed by atoms with Crippen molar-refractivity contribution in [3.63, 3.8) is 0 Å². The molecule has 96 valence electrons. The standard InChI is InChI=1S/C13H19Br2NO/c1-9(2)5-4-6-16-12-8-13(17-3)11(15)7-10(12)14/h7-9,16H,4-6H2,1-3H3. The smallest absolute Gasteiger partial charge is 0.135 e. The van der Waals surface area contributed by atoms with Gasteiger partial charge in [0.1, 0.15) is 5.75 Å². The van der Waals surface area contributed by atoms with Gasteiger partial charge in [0.15, 0.2) is 0 Å². The molecule has 0 aliphatic carbocycles. The zero-order chi connectivity index (χ0) is 12.8. The van der Waals surface area contributed by atoms with Gasteiger partial charge in [0.05, 0.1) is 17.3 Å².